The molecule has 0 aliphatic rings. The van der Waals surface area contributed by atoms with Gasteiger partial charge in [0.2, 0.25) is 11.8 Å². The summed E-state index contributed by atoms with van der Waals surface area (Å²) in [5.41, 5.74) is 21.6. The topological polar surface area (TPSA) is 202 Å². The van der Waals surface area contributed by atoms with E-state index < -0.39 is 29.9 Å². The molecule has 0 spiro atoms. The monoisotopic (exact) mass is 591 g/mol. The number of pyridine rings is 1. The van der Waals surface area contributed by atoms with Gasteiger partial charge < -0.3 is 32.7 Å². The summed E-state index contributed by atoms with van der Waals surface area (Å²) >= 11 is 0. The number of carbonyl (C=O) groups is 4. The van der Waals surface area contributed by atoms with Gasteiger partial charge in [0.05, 0.1) is 30.0 Å². The number of benzene rings is 2. The third-order valence-corrected chi connectivity index (χ3v) is 6.64. The highest BCUT2D eigenvalue weighted by Crippen LogP contribution is 2.17. The van der Waals surface area contributed by atoms with E-state index in [0.717, 1.165) is 21.5 Å². The van der Waals surface area contributed by atoms with Crippen LogP contribution in [0.25, 0.3) is 10.9 Å². The molecule has 0 aliphatic carbocycles. The van der Waals surface area contributed by atoms with Crippen molar-refractivity contribution in [1.29, 1.82) is 0 Å². The number of aryl methyl sites for hydroxylation is 1. The Morgan fingerprint density at radius 3 is 2.26 bits per heavy atom. The summed E-state index contributed by atoms with van der Waals surface area (Å²) in [6.07, 6.45) is 2.19. The molecule has 3 rings (SSSR count). The van der Waals surface area contributed by atoms with Crippen molar-refractivity contribution in [2.75, 3.05) is 38.0 Å². The smallest absolute Gasteiger partial charge is 0.336 e. The van der Waals surface area contributed by atoms with Crippen LogP contribution in [0.5, 0.6) is 0 Å². The van der Waals surface area contributed by atoms with Crippen LogP contribution in [0.4, 0.5) is 10.5 Å². The van der Waals surface area contributed by atoms with E-state index in [1.165, 1.54) is 11.8 Å². The van der Waals surface area contributed by atoms with Crippen molar-refractivity contribution in [3.8, 4) is 0 Å². The van der Waals surface area contributed by atoms with Crippen LogP contribution in [0.15, 0.2) is 66.9 Å². The number of urea groups is 1. The van der Waals surface area contributed by atoms with Crippen LogP contribution in [0, 0.1) is 0 Å². The van der Waals surface area contributed by atoms with E-state index in [1.54, 1.807) is 12.3 Å². The normalized spacial score (nSPS) is 12.2. The molecule has 43 heavy (non-hydrogen) atoms. The van der Waals surface area contributed by atoms with Gasteiger partial charge in [-0.25, -0.2) is 9.80 Å². The number of aromatic nitrogens is 1. The highest BCUT2D eigenvalue weighted by Gasteiger charge is 2.26. The van der Waals surface area contributed by atoms with E-state index in [4.69, 9.17) is 17.2 Å². The number of hydrazine groups is 1. The first kappa shape index (κ1) is 32.9. The summed E-state index contributed by atoms with van der Waals surface area (Å²) in [4.78, 5) is 58.1. The molecule has 5 amide bonds. The molecule has 9 N–H and O–H groups in total. The SMILES string of the molecule is CC(N)C(=O)NN(CCC(=O)N(CCN)CCN)C(=O)NC(CCc1ccccc1)C(=O)Nc1cnc2ccccc2c1. The fourth-order valence-electron chi connectivity index (χ4n) is 4.30. The zero-order valence-corrected chi connectivity index (χ0v) is 24.4. The molecule has 0 radical (unpaired) electrons. The van der Waals surface area contributed by atoms with Gasteiger partial charge in [0.1, 0.15) is 6.04 Å². The minimum atomic E-state index is -0.990. The van der Waals surface area contributed by atoms with Crippen LogP contribution in [0.3, 0.4) is 0 Å². The van der Waals surface area contributed by atoms with Gasteiger partial charge in [0, 0.05) is 38.0 Å². The van der Waals surface area contributed by atoms with Crippen LogP contribution in [0.2, 0.25) is 0 Å². The Kier molecular flexibility index (Phi) is 12.8. The Balaban J connectivity index is 1.78. The number of nitrogens with one attached hydrogen (secondary N) is 3. The lowest BCUT2D eigenvalue weighted by atomic mass is 10.0. The minimum Gasteiger partial charge on any atom is -0.340 e. The molecule has 0 bridgehead atoms. The Morgan fingerprint density at radius 2 is 1.58 bits per heavy atom. The maximum Gasteiger partial charge on any atom is 0.336 e. The number of fused-ring (bicyclic) bond motifs is 1. The van der Waals surface area contributed by atoms with E-state index in [9.17, 15) is 19.2 Å². The van der Waals surface area contributed by atoms with Gasteiger partial charge in [-0.1, -0.05) is 48.5 Å². The molecular formula is C30H41N9O4. The van der Waals surface area contributed by atoms with Crippen molar-refractivity contribution in [2.45, 2.75) is 38.3 Å². The molecule has 0 aliphatic heterocycles. The zero-order valence-electron chi connectivity index (χ0n) is 24.4. The van der Waals surface area contributed by atoms with Gasteiger partial charge in [-0.05, 0) is 37.5 Å². The summed E-state index contributed by atoms with van der Waals surface area (Å²) in [5.74, 6) is -1.38. The Labute approximate surface area is 251 Å². The van der Waals surface area contributed by atoms with Crippen molar-refractivity contribution >= 4 is 40.3 Å². The van der Waals surface area contributed by atoms with Gasteiger partial charge >= 0.3 is 6.03 Å². The third-order valence-electron chi connectivity index (χ3n) is 6.64. The standard InChI is InChI=1S/C30H41N9O4/c1-21(33)28(41)37-39(16-13-27(40)38(17-14-31)18-15-32)30(43)36-26(12-11-22-7-3-2-4-8-22)29(42)35-24-19-23-9-5-6-10-25(23)34-20-24/h2-10,19-21,26H,11-18,31-33H2,1H3,(H,35,42)(H,36,43)(H,37,41). The molecule has 13 heteroatoms. The lowest BCUT2D eigenvalue weighted by molar-refractivity contribution is -0.132. The zero-order chi connectivity index (χ0) is 31.2. The van der Waals surface area contributed by atoms with E-state index in [2.05, 4.69) is 21.0 Å². The number of rotatable bonds is 14. The molecule has 13 nitrogen and oxygen atoms in total. The minimum absolute atomic E-state index is 0.115. The number of nitrogens with two attached hydrogens (primary N) is 3. The fraction of sp³-hybridized carbons (Fsp3) is 0.367. The van der Waals surface area contributed by atoms with Crippen LogP contribution >= 0.6 is 0 Å². The molecule has 3 aromatic rings. The highest BCUT2D eigenvalue weighted by atomic mass is 16.2. The summed E-state index contributed by atoms with van der Waals surface area (Å²) in [5, 5.41) is 7.38. The fourth-order valence-corrected chi connectivity index (χ4v) is 4.30. The summed E-state index contributed by atoms with van der Waals surface area (Å²) in [6, 6.07) is 16.2. The van der Waals surface area contributed by atoms with Crippen LogP contribution in [0.1, 0.15) is 25.3 Å². The maximum atomic E-state index is 13.5. The van der Waals surface area contributed by atoms with E-state index >= 15 is 0 Å². The Morgan fingerprint density at radius 1 is 0.907 bits per heavy atom. The summed E-state index contributed by atoms with van der Waals surface area (Å²) in [7, 11) is 0. The molecule has 1 heterocycles. The first-order chi connectivity index (χ1) is 20.7. The first-order valence-corrected chi connectivity index (χ1v) is 14.2. The molecule has 2 aromatic carbocycles. The van der Waals surface area contributed by atoms with Crippen molar-refractivity contribution in [1.82, 2.24) is 25.6 Å². The maximum absolute atomic E-state index is 13.5. The number of para-hydroxylation sites is 1. The van der Waals surface area contributed by atoms with Gasteiger partial charge in [-0.3, -0.25) is 24.8 Å². The number of amides is 5. The largest absolute Gasteiger partial charge is 0.340 e. The number of hydrogen-bond donors (Lipinski definition) is 6. The van der Waals surface area contributed by atoms with Gasteiger partial charge in [0.25, 0.3) is 5.91 Å². The predicted octanol–water partition coefficient (Wildman–Crippen LogP) is 0.701. The van der Waals surface area contributed by atoms with Crippen LogP contribution in [-0.2, 0) is 20.8 Å². The number of hydrogen-bond acceptors (Lipinski definition) is 8. The molecular weight excluding hydrogens is 550 g/mol. The van der Waals surface area contributed by atoms with Gasteiger partial charge in [-0.15, -0.1) is 0 Å². The second-order valence-electron chi connectivity index (χ2n) is 10.1. The number of carbonyl (C=O) groups excluding carboxylic acids is 4. The lowest BCUT2D eigenvalue weighted by Gasteiger charge is -2.28. The average molecular weight is 592 g/mol. The predicted molar refractivity (Wildman–Crippen MR) is 165 cm³/mol. The Bertz CT molecular complexity index is 1360. The number of anilines is 1. The first-order valence-electron chi connectivity index (χ1n) is 14.2. The van der Waals surface area contributed by atoms with Crippen molar-refractivity contribution < 1.29 is 19.2 Å². The summed E-state index contributed by atoms with van der Waals surface area (Å²) < 4.78 is 0. The van der Waals surface area contributed by atoms with Crippen molar-refractivity contribution in [3.63, 3.8) is 0 Å². The molecule has 2 unspecified atom stereocenters. The molecule has 2 atom stereocenters. The number of nitrogens with zero attached hydrogens (tertiary/aromatic N) is 3. The quantitative estimate of drug-likeness (QED) is 0.147. The second-order valence-corrected chi connectivity index (χ2v) is 10.1. The van der Waals surface area contributed by atoms with Crippen molar-refractivity contribution in [3.05, 3.63) is 72.4 Å². The highest BCUT2D eigenvalue weighted by molar-refractivity contribution is 5.98. The van der Waals surface area contributed by atoms with E-state index in [1.807, 2.05) is 54.6 Å². The average Bonchev–Trinajstić information content (AvgIpc) is 3.01. The van der Waals surface area contributed by atoms with E-state index in [0.29, 0.717) is 25.2 Å². The van der Waals surface area contributed by atoms with Crippen LogP contribution < -0.4 is 33.3 Å². The third kappa shape index (κ3) is 10.3. The second kappa shape index (κ2) is 16.8. The molecule has 0 saturated heterocycles. The molecule has 1 aromatic heterocycles. The van der Waals surface area contributed by atoms with Gasteiger partial charge in [-0.2, -0.15) is 0 Å². The van der Waals surface area contributed by atoms with Gasteiger partial charge in [0.15, 0.2) is 0 Å². The van der Waals surface area contributed by atoms with Crippen molar-refractivity contribution in [2.24, 2.45) is 17.2 Å². The molecule has 230 valence electrons. The molecule has 0 fully saturated rings. The Hall–Kier alpha value is -4.59. The van der Waals surface area contributed by atoms with Crippen LogP contribution in [-0.4, -0.2) is 83.5 Å². The lowest BCUT2D eigenvalue weighted by Crippen LogP contribution is -2.58. The summed E-state index contributed by atoms with van der Waals surface area (Å²) in [6.45, 7) is 2.41. The van der Waals surface area contributed by atoms with E-state index in [-0.39, 0.29) is 38.4 Å². The molecule has 0 saturated carbocycles.